The van der Waals surface area contributed by atoms with Crippen LogP contribution in [0.15, 0.2) is 35.6 Å². The molecule has 2 aromatic rings. The predicted octanol–water partition coefficient (Wildman–Crippen LogP) is 2.83. The van der Waals surface area contributed by atoms with Gasteiger partial charge in [0, 0.05) is 11.5 Å². The summed E-state index contributed by atoms with van der Waals surface area (Å²) in [5.74, 6) is -0.276. The lowest BCUT2D eigenvalue weighted by Gasteiger charge is -2.32. The highest BCUT2D eigenvalue weighted by Crippen LogP contribution is 2.40. The van der Waals surface area contributed by atoms with Crippen LogP contribution < -0.4 is 15.8 Å². The minimum atomic E-state index is -1.03. The molecule has 2 heterocycles. The number of hydrogen-bond acceptors (Lipinski definition) is 7. The summed E-state index contributed by atoms with van der Waals surface area (Å²) in [7, 11) is 0. The van der Waals surface area contributed by atoms with Crippen molar-refractivity contribution >= 4 is 29.1 Å². The van der Waals surface area contributed by atoms with Gasteiger partial charge in [0.05, 0.1) is 5.71 Å². The molecule has 9 nitrogen and oxygen atoms in total. The van der Waals surface area contributed by atoms with Crippen molar-refractivity contribution in [1.29, 1.82) is 0 Å². The fraction of sp³-hybridized carbons (Fsp3) is 0.435. The van der Waals surface area contributed by atoms with Crippen LogP contribution in [0.5, 0.6) is 5.88 Å². The van der Waals surface area contributed by atoms with E-state index in [0.717, 1.165) is 37.0 Å². The number of carbonyl (C=O) groups is 2. The number of nitrogens with two attached hydrogens (primary N) is 1. The maximum absolute atomic E-state index is 12.1. The number of benzene rings is 1. The maximum atomic E-state index is 12.1. The average Bonchev–Trinajstić information content (AvgIpc) is 2.77. The molecule has 1 aliphatic heterocycles. The van der Waals surface area contributed by atoms with Gasteiger partial charge in [-0.25, -0.2) is 9.98 Å². The molecule has 9 heteroatoms. The number of carboxylic acids is 1. The molecule has 0 saturated heterocycles. The number of aromatic nitrogens is 2. The Balaban J connectivity index is 1.46. The Morgan fingerprint density at radius 2 is 1.84 bits per heavy atom. The lowest BCUT2D eigenvalue weighted by molar-refractivity contribution is -0.138. The third kappa shape index (κ3) is 4.42. The molecule has 0 radical (unpaired) electrons. The van der Waals surface area contributed by atoms with Gasteiger partial charge in [-0.3, -0.25) is 9.59 Å². The fourth-order valence-corrected chi connectivity index (χ4v) is 4.41. The first kappa shape index (κ1) is 21.7. The SMILES string of the molecule is CC1(C)Oc2ncnc(N)c2N=C1c1ccc(C2CCC(C(=O)NCC(=O)O)CC2)cc1. The minimum Gasteiger partial charge on any atom is -0.480 e. The highest BCUT2D eigenvalue weighted by atomic mass is 16.5. The molecule has 1 amide bonds. The quantitative estimate of drug-likeness (QED) is 0.653. The summed E-state index contributed by atoms with van der Waals surface area (Å²) in [5.41, 5.74) is 8.66. The number of aliphatic carboxylic acids is 1. The summed E-state index contributed by atoms with van der Waals surface area (Å²) in [6.07, 6.45) is 4.65. The van der Waals surface area contributed by atoms with Gasteiger partial charge in [0.15, 0.2) is 11.5 Å². The Hall–Kier alpha value is -3.49. The molecule has 32 heavy (non-hydrogen) atoms. The van der Waals surface area contributed by atoms with Crippen LogP contribution in [-0.2, 0) is 9.59 Å². The molecule has 1 fully saturated rings. The highest BCUT2D eigenvalue weighted by Gasteiger charge is 2.35. The number of carbonyl (C=O) groups excluding carboxylic acids is 1. The highest BCUT2D eigenvalue weighted by molar-refractivity contribution is 6.09. The van der Waals surface area contributed by atoms with E-state index < -0.39 is 11.6 Å². The second-order valence-electron chi connectivity index (χ2n) is 8.77. The summed E-state index contributed by atoms with van der Waals surface area (Å²) in [4.78, 5) is 35.6. The molecule has 1 aliphatic carbocycles. The van der Waals surface area contributed by atoms with Crippen LogP contribution in [0.4, 0.5) is 11.5 Å². The Kier molecular flexibility index (Phi) is 5.82. The molecule has 0 atom stereocenters. The molecule has 4 N–H and O–H groups in total. The van der Waals surface area contributed by atoms with E-state index in [2.05, 4.69) is 27.4 Å². The van der Waals surface area contributed by atoms with Gasteiger partial charge in [-0.05, 0) is 51.0 Å². The second kappa shape index (κ2) is 8.57. The van der Waals surface area contributed by atoms with E-state index in [1.165, 1.54) is 11.9 Å². The van der Waals surface area contributed by atoms with Crippen LogP contribution in [0.3, 0.4) is 0 Å². The standard InChI is InChI=1S/C23H27N5O4/c1-23(2)19(28-18-20(24)26-12-27-22(18)32-23)15-7-3-13(4-8-15)14-5-9-16(10-6-14)21(31)25-11-17(29)30/h3-4,7-8,12,14,16H,5-6,9-11H2,1-2H3,(H,25,31)(H,29,30)(H2,24,26,27). The van der Waals surface area contributed by atoms with E-state index in [0.29, 0.717) is 17.5 Å². The molecular formula is C23H27N5O4. The van der Waals surface area contributed by atoms with E-state index in [1.54, 1.807) is 0 Å². The fourth-order valence-electron chi connectivity index (χ4n) is 4.41. The van der Waals surface area contributed by atoms with Crippen LogP contribution in [0, 0.1) is 5.92 Å². The van der Waals surface area contributed by atoms with Crippen molar-refractivity contribution in [2.75, 3.05) is 12.3 Å². The zero-order valence-electron chi connectivity index (χ0n) is 18.2. The van der Waals surface area contributed by atoms with Crippen molar-refractivity contribution in [3.63, 3.8) is 0 Å². The van der Waals surface area contributed by atoms with Crippen LogP contribution in [0.2, 0.25) is 0 Å². The molecule has 1 saturated carbocycles. The number of rotatable bonds is 5. The summed E-state index contributed by atoms with van der Waals surface area (Å²) in [5, 5.41) is 11.2. The maximum Gasteiger partial charge on any atom is 0.322 e. The molecule has 1 aromatic heterocycles. The number of anilines is 1. The molecule has 0 bridgehead atoms. The van der Waals surface area contributed by atoms with Crippen LogP contribution in [0.1, 0.15) is 56.6 Å². The smallest absolute Gasteiger partial charge is 0.322 e. The third-order valence-corrected chi connectivity index (χ3v) is 6.13. The summed E-state index contributed by atoms with van der Waals surface area (Å²) in [6.45, 7) is 3.56. The molecule has 4 rings (SSSR count). The number of carboxylic acid groups (broad SMARTS) is 1. The average molecular weight is 438 g/mol. The second-order valence-corrected chi connectivity index (χ2v) is 8.77. The van der Waals surface area contributed by atoms with Crippen LogP contribution in [-0.4, -0.2) is 44.8 Å². The van der Waals surface area contributed by atoms with Gasteiger partial charge in [-0.15, -0.1) is 0 Å². The molecular weight excluding hydrogens is 410 g/mol. The Bertz CT molecular complexity index is 1060. The number of amides is 1. The molecule has 2 aliphatic rings. The van der Waals surface area contributed by atoms with Crippen molar-refractivity contribution in [2.45, 2.75) is 51.0 Å². The number of nitrogens with zero attached hydrogens (tertiary/aromatic N) is 3. The van der Waals surface area contributed by atoms with E-state index >= 15 is 0 Å². The number of fused-ring (bicyclic) bond motifs is 1. The summed E-state index contributed by atoms with van der Waals surface area (Å²) < 4.78 is 6.05. The van der Waals surface area contributed by atoms with Gasteiger partial charge in [-0.1, -0.05) is 24.3 Å². The van der Waals surface area contributed by atoms with Crippen molar-refractivity contribution in [2.24, 2.45) is 10.9 Å². The summed E-state index contributed by atoms with van der Waals surface area (Å²) in [6, 6.07) is 8.28. The van der Waals surface area contributed by atoms with Crippen molar-refractivity contribution in [1.82, 2.24) is 15.3 Å². The zero-order valence-corrected chi connectivity index (χ0v) is 18.2. The largest absolute Gasteiger partial charge is 0.480 e. The van der Waals surface area contributed by atoms with Gasteiger partial charge < -0.3 is 20.9 Å². The molecule has 168 valence electrons. The Morgan fingerprint density at radius 1 is 1.16 bits per heavy atom. The first-order valence-corrected chi connectivity index (χ1v) is 10.7. The topological polar surface area (TPSA) is 140 Å². The van der Waals surface area contributed by atoms with Gasteiger partial charge >= 0.3 is 5.97 Å². The lowest BCUT2D eigenvalue weighted by atomic mass is 9.78. The van der Waals surface area contributed by atoms with Crippen LogP contribution in [0.25, 0.3) is 0 Å². The lowest BCUT2D eigenvalue weighted by Crippen LogP contribution is -2.41. The molecule has 0 spiro atoms. The predicted molar refractivity (Wildman–Crippen MR) is 119 cm³/mol. The normalized spacial score (nSPS) is 21.6. The Morgan fingerprint density at radius 3 is 2.50 bits per heavy atom. The number of ether oxygens (including phenoxy) is 1. The van der Waals surface area contributed by atoms with Crippen molar-refractivity contribution in [3.8, 4) is 5.88 Å². The van der Waals surface area contributed by atoms with Gasteiger partial charge in [-0.2, -0.15) is 4.98 Å². The number of hydrogen-bond donors (Lipinski definition) is 3. The number of aliphatic imine (C=N–C) groups is 1. The third-order valence-electron chi connectivity index (χ3n) is 6.13. The van der Waals surface area contributed by atoms with E-state index in [-0.39, 0.29) is 24.2 Å². The van der Waals surface area contributed by atoms with Crippen molar-refractivity contribution < 1.29 is 19.4 Å². The first-order valence-electron chi connectivity index (χ1n) is 10.7. The molecule has 1 aromatic carbocycles. The van der Waals surface area contributed by atoms with Gasteiger partial charge in [0.2, 0.25) is 11.8 Å². The van der Waals surface area contributed by atoms with Crippen LogP contribution >= 0.6 is 0 Å². The van der Waals surface area contributed by atoms with Crippen molar-refractivity contribution in [3.05, 3.63) is 41.7 Å². The first-order chi connectivity index (χ1) is 15.2. The van der Waals surface area contributed by atoms with E-state index in [9.17, 15) is 9.59 Å². The summed E-state index contributed by atoms with van der Waals surface area (Å²) >= 11 is 0. The van der Waals surface area contributed by atoms with E-state index in [1.807, 2.05) is 26.0 Å². The van der Waals surface area contributed by atoms with Gasteiger partial charge in [0.25, 0.3) is 0 Å². The zero-order chi connectivity index (χ0) is 22.9. The van der Waals surface area contributed by atoms with E-state index in [4.69, 9.17) is 20.6 Å². The monoisotopic (exact) mass is 437 g/mol. The molecule has 0 unspecified atom stereocenters. The Labute approximate surface area is 186 Å². The van der Waals surface area contributed by atoms with Gasteiger partial charge in [0.1, 0.15) is 18.5 Å². The number of nitrogen functional groups attached to an aromatic ring is 1. The minimum absolute atomic E-state index is 0.118. The number of nitrogens with one attached hydrogen (secondary N) is 1.